The molecule has 0 bridgehead atoms. The summed E-state index contributed by atoms with van der Waals surface area (Å²) < 4.78 is 0. The first-order valence-electron chi connectivity index (χ1n) is 6.37. The van der Waals surface area contributed by atoms with Crippen LogP contribution in [0, 0.1) is 19.8 Å². The van der Waals surface area contributed by atoms with Crippen molar-refractivity contribution in [1.29, 1.82) is 0 Å². The number of nitrogens with zero attached hydrogens (tertiary/aromatic N) is 3. The van der Waals surface area contributed by atoms with Gasteiger partial charge in [0.05, 0.1) is 11.4 Å². The fraction of sp³-hybridized carbons (Fsp3) is 0.692. The SMILES string of the molecule is CCCN(CC1CC1)c1nc(C)c(C)nc1Cl. The van der Waals surface area contributed by atoms with Crippen molar-refractivity contribution in [2.45, 2.75) is 40.0 Å². The Balaban J connectivity index is 2.23. The van der Waals surface area contributed by atoms with Gasteiger partial charge in [0.15, 0.2) is 11.0 Å². The van der Waals surface area contributed by atoms with Crippen molar-refractivity contribution < 1.29 is 0 Å². The summed E-state index contributed by atoms with van der Waals surface area (Å²) in [5, 5.41) is 0.544. The molecule has 2 rings (SSSR count). The third kappa shape index (κ3) is 3.09. The lowest BCUT2D eigenvalue weighted by molar-refractivity contribution is 0.695. The van der Waals surface area contributed by atoms with E-state index >= 15 is 0 Å². The molecule has 3 nitrogen and oxygen atoms in total. The number of halogens is 1. The number of hydrogen-bond acceptors (Lipinski definition) is 3. The summed E-state index contributed by atoms with van der Waals surface area (Å²) in [5.41, 5.74) is 1.89. The molecule has 94 valence electrons. The number of rotatable bonds is 5. The van der Waals surface area contributed by atoms with Gasteiger partial charge in [-0.25, -0.2) is 9.97 Å². The molecule has 1 heterocycles. The normalized spacial score (nSPS) is 15.1. The topological polar surface area (TPSA) is 29.0 Å². The first kappa shape index (κ1) is 12.6. The summed E-state index contributed by atoms with van der Waals surface area (Å²) in [6.07, 6.45) is 3.80. The number of hydrogen-bond donors (Lipinski definition) is 0. The summed E-state index contributed by atoms with van der Waals surface area (Å²) in [7, 11) is 0. The first-order chi connectivity index (χ1) is 8.11. The van der Waals surface area contributed by atoms with Crippen LogP contribution < -0.4 is 4.90 Å². The van der Waals surface area contributed by atoms with Gasteiger partial charge in [-0.15, -0.1) is 0 Å². The maximum absolute atomic E-state index is 6.22. The molecule has 0 aliphatic heterocycles. The van der Waals surface area contributed by atoms with Gasteiger partial charge < -0.3 is 4.90 Å². The van der Waals surface area contributed by atoms with Crippen LogP contribution in [0.1, 0.15) is 37.6 Å². The van der Waals surface area contributed by atoms with Gasteiger partial charge in [-0.05, 0) is 39.0 Å². The zero-order chi connectivity index (χ0) is 12.4. The van der Waals surface area contributed by atoms with E-state index < -0.39 is 0 Å². The maximum atomic E-state index is 6.22. The molecule has 17 heavy (non-hydrogen) atoms. The molecule has 1 fully saturated rings. The van der Waals surface area contributed by atoms with Crippen molar-refractivity contribution in [1.82, 2.24) is 9.97 Å². The van der Waals surface area contributed by atoms with Crippen molar-refractivity contribution >= 4 is 17.4 Å². The predicted octanol–water partition coefficient (Wildman–Crippen LogP) is 3.37. The highest BCUT2D eigenvalue weighted by Gasteiger charge is 2.26. The Morgan fingerprint density at radius 3 is 2.47 bits per heavy atom. The van der Waals surface area contributed by atoms with Crippen molar-refractivity contribution in [2.24, 2.45) is 5.92 Å². The largest absolute Gasteiger partial charge is 0.354 e. The first-order valence-corrected chi connectivity index (χ1v) is 6.75. The molecule has 0 amide bonds. The lowest BCUT2D eigenvalue weighted by Gasteiger charge is -2.24. The van der Waals surface area contributed by atoms with E-state index in [2.05, 4.69) is 21.8 Å². The van der Waals surface area contributed by atoms with E-state index in [-0.39, 0.29) is 0 Å². The molecular formula is C13H20ClN3. The molecule has 0 N–H and O–H groups in total. The lowest BCUT2D eigenvalue weighted by Crippen LogP contribution is -2.28. The molecule has 4 heteroatoms. The molecular weight excluding hydrogens is 234 g/mol. The zero-order valence-corrected chi connectivity index (χ0v) is 11.6. The smallest absolute Gasteiger partial charge is 0.171 e. The predicted molar refractivity (Wildman–Crippen MR) is 71.7 cm³/mol. The van der Waals surface area contributed by atoms with Gasteiger partial charge in [-0.1, -0.05) is 18.5 Å². The van der Waals surface area contributed by atoms with Crippen molar-refractivity contribution in [3.63, 3.8) is 0 Å². The molecule has 0 aromatic carbocycles. The van der Waals surface area contributed by atoms with Crippen LogP contribution in [0.15, 0.2) is 0 Å². The van der Waals surface area contributed by atoms with E-state index in [0.717, 1.165) is 42.6 Å². The third-order valence-corrected chi connectivity index (χ3v) is 3.47. The minimum absolute atomic E-state index is 0.544. The van der Waals surface area contributed by atoms with Crippen molar-refractivity contribution in [3.8, 4) is 0 Å². The van der Waals surface area contributed by atoms with Crippen LogP contribution in [-0.2, 0) is 0 Å². The average molecular weight is 254 g/mol. The highest BCUT2D eigenvalue weighted by atomic mass is 35.5. The van der Waals surface area contributed by atoms with Gasteiger partial charge in [0.2, 0.25) is 0 Å². The summed E-state index contributed by atoms with van der Waals surface area (Å²) in [6, 6.07) is 0. The van der Waals surface area contributed by atoms with Crippen LogP contribution in [0.4, 0.5) is 5.82 Å². The standard InChI is InChI=1S/C13H20ClN3/c1-4-7-17(8-11-5-6-11)13-12(14)15-9(2)10(3)16-13/h11H,4-8H2,1-3H3. The second-order valence-corrected chi connectivity index (χ2v) is 5.26. The fourth-order valence-electron chi connectivity index (χ4n) is 1.93. The zero-order valence-electron chi connectivity index (χ0n) is 10.8. The van der Waals surface area contributed by atoms with Crippen LogP contribution in [0.2, 0.25) is 5.15 Å². The summed E-state index contributed by atoms with van der Waals surface area (Å²) in [4.78, 5) is 11.3. The Morgan fingerprint density at radius 2 is 1.88 bits per heavy atom. The highest BCUT2D eigenvalue weighted by Crippen LogP contribution is 2.32. The molecule has 1 aliphatic rings. The lowest BCUT2D eigenvalue weighted by atomic mass is 10.3. The quantitative estimate of drug-likeness (QED) is 0.806. The van der Waals surface area contributed by atoms with Gasteiger partial charge in [0.1, 0.15) is 0 Å². The van der Waals surface area contributed by atoms with E-state index in [0.29, 0.717) is 5.15 Å². The summed E-state index contributed by atoms with van der Waals surface area (Å²) in [5.74, 6) is 1.70. The number of anilines is 1. The Kier molecular flexibility index (Phi) is 3.87. The number of aryl methyl sites for hydroxylation is 2. The second-order valence-electron chi connectivity index (χ2n) is 4.90. The van der Waals surface area contributed by atoms with Crippen molar-refractivity contribution in [3.05, 3.63) is 16.5 Å². The van der Waals surface area contributed by atoms with Gasteiger partial charge >= 0.3 is 0 Å². The van der Waals surface area contributed by atoms with Crippen LogP contribution in [-0.4, -0.2) is 23.1 Å². The van der Waals surface area contributed by atoms with Crippen LogP contribution >= 0.6 is 11.6 Å². The highest BCUT2D eigenvalue weighted by molar-refractivity contribution is 6.31. The van der Waals surface area contributed by atoms with E-state index in [1.165, 1.54) is 12.8 Å². The second kappa shape index (κ2) is 5.21. The van der Waals surface area contributed by atoms with E-state index in [1.807, 2.05) is 13.8 Å². The third-order valence-electron chi connectivity index (χ3n) is 3.22. The Labute approximate surface area is 108 Å². The Bertz CT molecular complexity index is 402. The molecule has 1 aromatic rings. The minimum atomic E-state index is 0.544. The Morgan fingerprint density at radius 1 is 1.24 bits per heavy atom. The van der Waals surface area contributed by atoms with Crippen LogP contribution in [0.5, 0.6) is 0 Å². The van der Waals surface area contributed by atoms with E-state index in [1.54, 1.807) is 0 Å². The summed E-state index contributed by atoms with van der Waals surface area (Å²) in [6.45, 7) is 8.20. The minimum Gasteiger partial charge on any atom is -0.354 e. The van der Waals surface area contributed by atoms with Crippen molar-refractivity contribution in [2.75, 3.05) is 18.0 Å². The molecule has 0 radical (unpaired) electrons. The van der Waals surface area contributed by atoms with E-state index in [4.69, 9.17) is 11.6 Å². The molecule has 1 aliphatic carbocycles. The van der Waals surface area contributed by atoms with Gasteiger partial charge in [-0.2, -0.15) is 0 Å². The fourth-order valence-corrected chi connectivity index (χ4v) is 2.22. The molecule has 1 saturated carbocycles. The molecule has 0 atom stereocenters. The summed E-state index contributed by atoms with van der Waals surface area (Å²) >= 11 is 6.22. The van der Waals surface area contributed by atoms with Gasteiger partial charge in [0, 0.05) is 13.1 Å². The van der Waals surface area contributed by atoms with Crippen LogP contribution in [0.25, 0.3) is 0 Å². The number of aromatic nitrogens is 2. The van der Waals surface area contributed by atoms with E-state index in [9.17, 15) is 0 Å². The average Bonchev–Trinajstić information content (AvgIpc) is 3.07. The van der Waals surface area contributed by atoms with Crippen LogP contribution in [0.3, 0.4) is 0 Å². The molecule has 0 unspecified atom stereocenters. The monoisotopic (exact) mass is 253 g/mol. The molecule has 0 saturated heterocycles. The molecule has 0 spiro atoms. The van der Waals surface area contributed by atoms with Gasteiger partial charge in [-0.3, -0.25) is 0 Å². The van der Waals surface area contributed by atoms with Gasteiger partial charge in [0.25, 0.3) is 0 Å². The Hall–Kier alpha value is -0.830. The molecule has 1 aromatic heterocycles. The maximum Gasteiger partial charge on any atom is 0.171 e.